The van der Waals surface area contributed by atoms with E-state index in [1.54, 1.807) is 0 Å². The van der Waals surface area contributed by atoms with E-state index in [2.05, 4.69) is 1.47 Å². The SMILES string of the molecule is [O]=[Bi][O][Mo](=[O])(=[O])[OH]. The van der Waals surface area contributed by atoms with Crippen LogP contribution in [0.3, 0.4) is 0 Å². The maximum absolute atomic E-state index is 9.52. The maximum atomic E-state index is 9.52. The van der Waals surface area contributed by atoms with E-state index in [4.69, 9.17) is 3.76 Å². The Bertz CT molecular complexity index is 141. The molecule has 7 heavy (non-hydrogen) atoms. The van der Waals surface area contributed by atoms with Gasteiger partial charge in [-0.05, 0) is 0 Å². The molecule has 0 aromatic carbocycles. The van der Waals surface area contributed by atoms with Crippen LogP contribution in [0.25, 0.3) is 0 Å². The second kappa shape index (κ2) is 3.03. The van der Waals surface area contributed by atoms with E-state index < -0.39 is 40.4 Å². The van der Waals surface area contributed by atoms with Crippen molar-refractivity contribution in [3.63, 3.8) is 0 Å². The summed E-state index contributed by atoms with van der Waals surface area (Å²) in [4.78, 5) is 0. The van der Waals surface area contributed by atoms with Gasteiger partial charge >= 0.3 is 55.3 Å². The molecule has 0 saturated carbocycles. The second-order valence-corrected chi connectivity index (χ2v) is 7.05. The van der Waals surface area contributed by atoms with Crippen molar-refractivity contribution in [3.8, 4) is 0 Å². The number of hydrogen-bond acceptors (Lipinski definition) is 4. The molecule has 0 bridgehead atoms. The third kappa shape index (κ3) is 6.89. The number of rotatable bonds is 2. The first kappa shape index (κ1) is 7.89. The molecule has 0 spiro atoms. The van der Waals surface area contributed by atoms with E-state index in [0.717, 1.165) is 0 Å². The van der Waals surface area contributed by atoms with Crippen LogP contribution in [0.5, 0.6) is 0 Å². The van der Waals surface area contributed by atoms with Gasteiger partial charge in [-0.25, -0.2) is 0 Å². The molecular formula is HBiMoO5. The second-order valence-electron chi connectivity index (χ2n) is 0.577. The fourth-order valence-corrected chi connectivity index (χ4v) is 2.00. The fourth-order valence-electron chi connectivity index (χ4n) is 0.0385. The molecule has 0 radical (unpaired) electrons. The van der Waals surface area contributed by atoms with Crippen LogP contribution in [0.2, 0.25) is 0 Å². The molecule has 0 rings (SSSR count). The molecular weight excluding hydrogens is 385 g/mol. The summed E-state index contributed by atoms with van der Waals surface area (Å²) in [6.45, 7) is 0. The van der Waals surface area contributed by atoms with Crippen LogP contribution in [-0.4, -0.2) is 27.4 Å². The van der Waals surface area contributed by atoms with Gasteiger partial charge in [-0.3, -0.25) is 0 Å². The van der Waals surface area contributed by atoms with Crippen LogP contribution in [0.15, 0.2) is 0 Å². The predicted octanol–water partition coefficient (Wildman–Crippen LogP) is -1.37. The topological polar surface area (TPSA) is 80.7 Å². The predicted molar refractivity (Wildman–Crippen MR) is 11.1 cm³/mol. The van der Waals surface area contributed by atoms with Crippen LogP contribution in [0.1, 0.15) is 0 Å². The van der Waals surface area contributed by atoms with Crippen molar-refractivity contribution in [3.05, 3.63) is 0 Å². The Morgan fingerprint density at radius 2 is 2.00 bits per heavy atom. The van der Waals surface area contributed by atoms with E-state index in [1.807, 2.05) is 0 Å². The van der Waals surface area contributed by atoms with Gasteiger partial charge in [-0.2, -0.15) is 0 Å². The molecule has 0 aromatic heterocycles. The molecule has 0 aliphatic carbocycles. The number of hydrogen-bond donors (Lipinski definition) is 1. The third-order valence-corrected chi connectivity index (χ3v) is 6.47. The summed E-state index contributed by atoms with van der Waals surface area (Å²) in [7, 11) is 0. The summed E-state index contributed by atoms with van der Waals surface area (Å²) in [5.41, 5.74) is 0. The van der Waals surface area contributed by atoms with Crippen molar-refractivity contribution in [2.75, 3.05) is 0 Å². The molecule has 0 heterocycles. The average molecular weight is 386 g/mol. The molecule has 1 N–H and O–H groups in total. The first-order chi connectivity index (χ1) is 3.06. The van der Waals surface area contributed by atoms with Crippen molar-refractivity contribution >= 4 is 23.7 Å². The molecule has 0 aliphatic rings. The first-order valence-corrected chi connectivity index (χ1v) is 7.24. The van der Waals surface area contributed by atoms with Gasteiger partial charge in [0.2, 0.25) is 0 Å². The first-order valence-electron chi connectivity index (χ1n) is 1.05. The van der Waals surface area contributed by atoms with Gasteiger partial charge in [-0.15, -0.1) is 0 Å². The molecule has 7 heteroatoms. The van der Waals surface area contributed by atoms with Crippen molar-refractivity contribution in [1.82, 2.24) is 0 Å². The Labute approximate surface area is 55.0 Å². The zero-order chi connectivity index (χ0) is 5.91. The summed E-state index contributed by atoms with van der Waals surface area (Å²) in [5, 5.41) is 0. The van der Waals surface area contributed by atoms with E-state index in [1.165, 1.54) is 0 Å². The van der Waals surface area contributed by atoms with Crippen molar-refractivity contribution < 1.29 is 31.6 Å². The van der Waals surface area contributed by atoms with Crippen LogP contribution < -0.4 is 0 Å². The summed E-state index contributed by atoms with van der Waals surface area (Å²) in [5.74, 6) is 0. The molecule has 0 atom stereocenters. The molecule has 5 nitrogen and oxygen atoms in total. The summed E-state index contributed by atoms with van der Waals surface area (Å²) in [6.07, 6.45) is 0. The van der Waals surface area contributed by atoms with Gasteiger partial charge in [0.15, 0.2) is 0 Å². The molecule has 0 unspecified atom stereocenters. The summed E-state index contributed by atoms with van der Waals surface area (Å²) in [6, 6.07) is 0. The van der Waals surface area contributed by atoms with Crippen LogP contribution in [0, 0.1) is 0 Å². The Morgan fingerprint density at radius 1 is 1.57 bits per heavy atom. The van der Waals surface area contributed by atoms with Gasteiger partial charge in [0, 0.05) is 0 Å². The van der Waals surface area contributed by atoms with E-state index in [-0.39, 0.29) is 0 Å². The van der Waals surface area contributed by atoms with Gasteiger partial charge in [-0.1, -0.05) is 0 Å². The molecule has 0 saturated heterocycles. The molecule has 0 aliphatic heterocycles. The third-order valence-electron chi connectivity index (χ3n) is 0.125. The van der Waals surface area contributed by atoms with Gasteiger partial charge < -0.3 is 0 Å². The molecule has 0 fully saturated rings. The van der Waals surface area contributed by atoms with Gasteiger partial charge in [0.1, 0.15) is 0 Å². The Morgan fingerprint density at radius 3 is 2.00 bits per heavy atom. The summed E-state index contributed by atoms with van der Waals surface area (Å²) < 4.78 is 39.6. The fraction of sp³-hybridized carbons (Fsp3) is 0. The van der Waals surface area contributed by atoms with E-state index in [9.17, 15) is 9.61 Å². The van der Waals surface area contributed by atoms with Gasteiger partial charge in [0.25, 0.3) is 0 Å². The Kier molecular flexibility index (Phi) is 3.41. The molecule has 0 amide bonds. The van der Waals surface area contributed by atoms with Crippen molar-refractivity contribution in [1.29, 1.82) is 0 Å². The Balaban J connectivity index is 3.84. The molecule has 0 aromatic rings. The average Bonchev–Trinajstić information content (AvgIpc) is 1.30. The summed E-state index contributed by atoms with van der Waals surface area (Å²) >= 11 is -7.86. The van der Waals surface area contributed by atoms with Crippen molar-refractivity contribution in [2.24, 2.45) is 0 Å². The standard InChI is InChI=1S/Bi.Mo.H2O.4O/h;;1H2;;;;/q;+1;;;;;/p-1. The van der Waals surface area contributed by atoms with Crippen LogP contribution in [0.4, 0.5) is 0 Å². The van der Waals surface area contributed by atoms with E-state index in [0.29, 0.717) is 0 Å². The van der Waals surface area contributed by atoms with Crippen molar-refractivity contribution in [2.45, 2.75) is 0 Å². The van der Waals surface area contributed by atoms with Gasteiger partial charge in [0.05, 0.1) is 0 Å². The quantitative estimate of drug-likeness (QED) is 0.593. The monoisotopic (exact) mass is 388 g/mol. The Hall–Kier alpha value is 0.891. The molecule has 42 valence electrons. The minimum atomic E-state index is -5.33. The van der Waals surface area contributed by atoms with E-state index >= 15 is 0 Å². The van der Waals surface area contributed by atoms with Crippen LogP contribution in [-0.2, 0) is 27.8 Å². The minimum absolute atomic E-state index is 2.53. The normalized spacial score (nSPS) is 11.0. The van der Waals surface area contributed by atoms with Crippen LogP contribution >= 0.6 is 0 Å². The zero-order valence-electron chi connectivity index (χ0n) is 2.94. The zero-order valence-corrected chi connectivity index (χ0v) is 8.42.